The fourth-order valence-corrected chi connectivity index (χ4v) is 4.69. The molecule has 2 aliphatic rings. The van der Waals surface area contributed by atoms with Crippen LogP contribution in [0.25, 0.3) is 16.9 Å². The smallest absolute Gasteiger partial charge is 0.251 e. The minimum Gasteiger partial charge on any atom is -0.376 e. The molecule has 0 spiro atoms. The molecule has 4 heteroatoms. The van der Waals surface area contributed by atoms with E-state index in [0.717, 1.165) is 38.0 Å². The van der Waals surface area contributed by atoms with Crippen molar-refractivity contribution >= 4 is 5.91 Å². The van der Waals surface area contributed by atoms with Gasteiger partial charge in [-0.25, -0.2) is 0 Å². The number of aromatic nitrogens is 1. The fraction of sp³-hybridized carbons (Fsp3) is 0.346. The van der Waals surface area contributed by atoms with Crippen molar-refractivity contribution in [3.05, 3.63) is 77.5 Å². The van der Waals surface area contributed by atoms with E-state index in [4.69, 9.17) is 4.74 Å². The van der Waals surface area contributed by atoms with Crippen molar-refractivity contribution < 1.29 is 9.53 Å². The van der Waals surface area contributed by atoms with Crippen molar-refractivity contribution in [2.24, 2.45) is 0 Å². The first-order chi connectivity index (χ1) is 14.8. The Labute approximate surface area is 177 Å². The summed E-state index contributed by atoms with van der Waals surface area (Å²) in [5.74, 6) is -0.0325. The third-order valence-corrected chi connectivity index (χ3v) is 6.27. The second-order valence-corrected chi connectivity index (χ2v) is 8.30. The zero-order valence-electron chi connectivity index (χ0n) is 17.3. The molecule has 1 amide bonds. The Morgan fingerprint density at radius 2 is 1.80 bits per heavy atom. The highest BCUT2D eigenvalue weighted by Gasteiger charge is 2.21. The first kappa shape index (κ1) is 19.1. The highest BCUT2D eigenvalue weighted by atomic mass is 16.5. The van der Waals surface area contributed by atoms with Crippen molar-refractivity contribution in [3.63, 3.8) is 0 Å². The Bertz CT molecular complexity index is 1020. The lowest BCUT2D eigenvalue weighted by Crippen LogP contribution is -2.31. The predicted molar refractivity (Wildman–Crippen MR) is 119 cm³/mol. The number of nitrogens with zero attached hydrogens (tertiary/aromatic N) is 1. The molecule has 5 rings (SSSR count). The first-order valence-electron chi connectivity index (χ1n) is 11.1. The quantitative estimate of drug-likeness (QED) is 0.660. The zero-order chi connectivity index (χ0) is 20.3. The van der Waals surface area contributed by atoms with Crippen molar-refractivity contribution in [2.75, 3.05) is 13.2 Å². The number of hydrogen-bond acceptors (Lipinski definition) is 2. The highest BCUT2D eigenvalue weighted by molar-refractivity contribution is 5.94. The van der Waals surface area contributed by atoms with Gasteiger partial charge in [0.05, 0.1) is 11.8 Å². The normalized spacial score (nSPS) is 18.2. The molecule has 1 aliphatic carbocycles. The number of amides is 1. The molecule has 1 saturated heterocycles. The SMILES string of the molecule is O=C(NCC1CCCO1)c1ccc(-n2c(-c3ccccc3)cc3c2CCCC3)cc1. The van der Waals surface area contributed by atoms with E-state index in [1.165, 1.54) is 35.4 Å². The van der Waals surface area contributed by atoms with E-state index < -0.39 is 0 Å². The molecule has 1 atom stereocenters. The van der Waals surface area contributed by atoms with Crippen LogP contribution in [0.4, 0.5) is 0 Å². The van der Waals surface area contributed by atoms with E-state index in [0.29, 0.717) is 12.1 Å². The van der Waals surface area contributed by atoms with Gasteiger partial charge in [0, 0.05) is 30.1 Å². The summed E-state index contributed by atoms with van der Waals surface area (Å²) in [6, 6.07) is 20.9. The Morgan fingerprint density at radius 3 is 2.57 bits per heavy atom. The van der Waals surface area contributed by atoms with E-state index in [1.807, 2.05) is 12.1 Å². The molecule has 1 unspecified atom stereocenters. The third-order valence-electron chi connectivity index (χ3n) is 6.27. The maximum atomic E-state index is 12.5. The van der Waals surface area contributed by atoms with Crippen LogP contribution >= 0.6 is 0 Å². The second-order valence-electron chi connectivity index (χ2n) is 8.30. The second kappa shape index (κ2) is 8.49. The number of benzene rings is 2. The standard InChI is InChI=1S/C26H28N2O2/c29-26(27-18-23-10-6-16-30-23)20-12-14-22(15-13-20)28-24-11-5-4-9-21(24)17-25(28)19-7-2-1-3-8-19/h1-3,7-8,12-15,17,23H,4-6,9-11,16,18H2,(H,27,29). The summed E-state index contributed by atoms with van der Waals surface area (Å²) < 4.78 is 7.98. The topological polar surface area (TPSA) is 43.3 Å². The molecular formula is C26H28N2O2. The van der Waals surface area contributed by atoms with Crippen molar-refractivity contribution in [1.82, 2.24) is 9.88 Å². The number of fused-ring (bicyclic) bond motifs is 1. The average Bonchev–Trinajstić information content (AvgIpc) is 3.46. The molecular weight excluding hydrogens is 372 g/mol. The van der Waals surface area contributed by atoms with Gasteiger partial charge >= 0.3 is 0 Å². The number of aryl methyl sites for hydroxylation is 1. The summed E-state index contributed by atoms with van der Waals surface area (Å²) in [4.78, 5) is 12.5. The maximum absolute atomic E-state index is 12.5. The van der Waals surface area contributed by atoms with Crippen LogP contribution in [0.3, 0.4) is 0 Å². The number of carbonyl (C=O) groups excluding carboxylic acids is 1. The van der Waals surface area contributed by atoms with Crippen LogP contribution in [0, 0.1) is 0 Å². The Kier molecular flexibility index (Phi) is 5.41. The van der Waals surface area contributed by atoms with Gasteiger partial charge in [0.1, 0.15) is 0 Å². The molecule has 30 heavy (non-hydrogen) atoms. The number of carbonyl (C=O) groups is 1. The molecule has 0 saturated carbocycles. The molecule has 1 N–H and O–H groups in total. The molecule has 154 valence electrons. The van der Waals surface area contributed by atoms with Crippen molar-refractivity contribution in [3.8, 4) is 16.9 Å². The van der Waals surface area contributed by atoms with Crippen molar-refractivity contribution in [2.45, 2.75) is 44.6 Å². The van der Waals surface area contributed by atoms with Gasteiger partial charge in [-0.15, -0.1) is 0 Å². The fourth-order valence-electron chi connectivity index (χ4n) is 4.69. The average molecular weight is 401 g/mol. The highest BCUT2D eigenvalue weighted by Crippen LogP contribution is 2.33. The number of nitrogens with one attached hydrogen (secondary N) is 1. The molecule has 1 aliphatic heterocycles. The molecule has 1 aromatic heterocycles. The van der Waals surface area contributed by atoms with Crippen LogP contribution < -0.4 is 5.32 Å². The monoisotopic (exact) mass is 400 g/mol. The molecule has 0 bridgehead atoms. The lowest BCUT2D eigenvalue weighted by atomic mass is 9.98. The molecule has 2 aromatic carbocycles. The van der Waals surface area contributed by atoms with E-state index in [1.54, 1.807) is 0 Å². The van der Waals surface area contributed by atoms with Crippen LogP contribution in [-0.4, -0.2) is 29.7 Å². The first-order valence-corrected chi connectivity index (χ1v) is 11.1. The largest absolute Gasteiger partial charge is 0.376 e. The van der Waals surface area contributed by atoms with E-state index >= 15 is 0 Å². The lowest BCUT2D eigenvalue weighted by molar-refractivity contribution is 0.0858. The molecule has 4 nitrogen and oxygen atoms in total. The van der Waals surface area contributed by atoms with Gasteiger partial charge in [0.15, 0.2) is 0 Å². The molecule has 0 radical (unpaired) electrons. The van der Waals surface area contributed by atoms with E-state index in [2.05, 4.69) is 58.4 Å². The van der Waals surface area contributed by atoms with Gasteiger partial charge in [-0.05, 0) is 80.0 Å². The van der Waals surface area contributed by atoms with Gasteiger partial charge in [0.25, 0.3) is 5.91 Å². The Morgan fingerprint density at radius 1 is 1.00 bits per heavy atom. The Hall–Kier alpha value is -2.85. The summed E-state index contributed by atoms with van der Waals surface area (Å²) in [6.45, 7) is 1.39. The van der Waals surface area contributed by atoms with Crippen LogP contribution in [0.5, 0.6) is 0 Å². The van der Waals surface area contributed by atoms with Crippen LogP contribution in [0.1, 0.15) is 47.3 Å². The minimum atomic E-state index is -0.0325. The summed E-state index contributed by atoms with van der Waals surface area (Å²) in [5.41, 5.74) is 7.14. The summed E-state index contributed by atoms with van der Waals surface area (Å²) >= 11 is 0. The van der Waals surface area contributed by atoms with Crippen LogP contribution in [0.2, 0.25) is 0 Å². The summed E-state index contributed by atoms with van der Waals surface area (Å²) in [7, 11) is 0. The van der Waals surface area contributed by atoms with Gasteiger partial charge in [0.2, 0.25) is 0 Å². The lowest BCUT2D eigenvalue weighted by Gasteiger charge is -2.18. The zero-order valence-corrected chi connectivity index (χ0v) is 17.3. The third kappa shape index (κ3) is 3.80. The predicted octanol–water partition coefficient (Wildman–Crippen LogP) is 4.93. The molecule has 2 heterocycles. The maximum Gasteiger partial charge on any atom is 0.251 e. The van der Waals surface area contributed by atoms with Gasteiger partial charge < -0.3 is 14.6 Å². The minimum absolute atomic E-state index is 0.0325. The van der Waals surface area contributed by atoms with Gasteiger partial charge in [-0.1, -0.05) is 30.3 Å². The number of hydrogen-bond donors (Lipinski definition) is 1. The number of ether oxygens (including phenoxy) is 1. The Balaban J connectivity index is 1.42. The number of rotatable bonds is 5. The van der Waals surface area contributed by atoms with Gasteiger partial charge in [-0.2, -0.15) is 0 Å². The molecule has 3 aromatic rings. The van der Waals surface area contributed by atoms with Crippen molar-refractivity contribution in [1.29, 1.82) is 0 Å². The summed E-state index contributed by atoms with van der Waals surface area (Å²) in [6.07, 6.45) is 7.01. The van der Waals surface area contributed by atoms with Crippen LogP contribution in [0.15, 0.2) is 60.7 Å². The van der Waals surface area contributed by atoms with E-state index in [-0.39, 0.29) is 12.0 Å². The molecule has 1 fully saturated rings. The van der Waals surface area contributed by atoms with Crippen LogP contribution in [-0.2, 0) is 17.6 Å². The van der Waals surface area contributed by atoms with Gasteiger partial charge in [-0.3, -0.25) is 4.79 Å². The van der Waals surface area contributed by atoms with E-state index in [9.17, 15) is 4.79 Å². The summed E-state index contributed by atoms with van der Waals surface area (Å²) in [5, 5.41) is 3.01.